The summed E-state index contributed by atoms with van der Waals surface area (Å²) in [5.74, 6) is 0. The monoisotopic (exact) mass is 344 g/mol. The van der Waals surface area contributed by atoms with Gasteiger partial charge in [-0.15, -0.1) is 0 Å². The van der Waals surface area contributed by atoms with Gasteiger partial charge in [-0.1, -0.05) is 52.3 Å². The lowest BCUT2D eigenvalue weighted by molar-refractivity contribution is 0.161. The van der Waals surface area contributed by atoms with Crippen LogP contribution in [0.15, 0.2) is 53.0 Å². The molecule has 0 fully saturated rings. The maximum Gasteiger partial charge on any atom is 0.0268 e. The summed E-state index contributed by atoms with van der Waals surface area (Å²) in [6, 6.07) is 18.0. The van der Waals surface area contributed by atoms with Crippen LogP contribution in [0.3, 0.4) is 0 Å². The van der Waals surface area contributed by atoms with Crippen LogP contribution in [0, 0.1) is 0 Å². The van der Waals surface area contributed by atoms with Crippen molar-refractivity contribution in [3.05, 3.63) is 69.7 Å². The van der Waals surface area contributed by atoms with E-state index in [2.05, 4.69) is 74.7 Å². The third-order valence-corrected chi connectivity index (χ3v) is 4.67. The Labute approximate surface area is 135 Å². The molecule has 1 atom stereocenters. The van der Waals surface area contributed by atoms with E-state index in [0.29, 0.717) is 6.04 Å². The average molecular weight is 345 g/mol. The Morgan fingerprint density at radius 1 is 1.14 bits per heavy atom. The topological polar surface area (TPSA) is 15.3 Å². The molecule has 0 saturated heterocycles. The van der Waals surface area contributed by atoms with Gasteiger partial charge in [0.2, 0.25) is 0 Å². The Morgan fingerprint density at radius 3 is 2.71 bits per heavy atom. The van der Waals surface area contributed by atoms with Crippen molar-refractivity contribution in [2.75, 3.05) is 13.6 Å². The standard InChI is InChI=1S/C18H21BrN2/c1-20-11-18-10-15-6-2-3-7-16(15)13-21(18)12-14-5-4-8-17(19)9-14/h2-9,18,20H,10-13H2,1H3. The number of nitrogens with zero attached hydrogens (tertiary/aromatic N) is 1. The molecule has 110 valence electrons. The van der Waals surface area contributed by atoms with E-state index in [-0.39, 0.29) is 0 Å². The van der Waals surface area contributed by atoms with Gasteiger partial charge >= 0.3 is 0 Å². The molecular weight excluding hydrogens is 324 g/mol. The fourth-order valence-corrected chi connectivity index (χ4v) is 3.58. The Balaban J connectivity index is 1.82. The minimum atomic E-state index is 0.559. The van der Waals surface area contributed by atoms with E-state index in [1.165, 1.54) is 16.7 Å². The third kappa shape index (κ3) is 3.54. The smallest absolute Gasteiger partial charge is 0.0268 e. The zero-order chi connectivity index (χ0) is 14.7. The molecular formula is C18H21BrN2. The van der Waals surface area contributed by atoms with E-state index in [0.717, 1.165) is 30.5 Å². The molecule has 21 heavy (non-hydrogen) atoms. The van der Waals surface area contributed by atoms with Gasteiger partial charge in [0.1, 0.15) is 0 Å². The van der Waals surface area contributed by atoms with Crippen LogP contribution in [0.2, 0.25) is 0 Å². The summed E-state index contributed by atoms with van der Waals surface area (Å²) in [6.07, 6.45) is 1.13. The lowest BCUT2D eigenvalue weighted by atomic mass is 9.93. The normalized spacial score (nSPS) is 18.5. The van der Waals surface area contributed by atoms with Gasteiger partial charge in [-0.25, -0.2) is 0 Å². The molecule has 1 aliphatic heterocycles. The second kappa shape index (κ2) is 6.73. The van der Waals surface area contributed by atoms with Crippen LogP contribution < -0.4 is 5.32 Å². The van der Waals surface area contributed by atoms with Crippen molar-refractivity contribution < 1.29 is 0 Å². The van der Waals surface area contributed by atoms with E-state index in [1.54, 1.807) is 0 Å². The third-order valence-electron chi connectivity index (χ3n) is 4.18. The fraction of sp³-hybridized carbons (Fsp3) is 0.333. The molecule has 0 amide bonds. The summed E-state index contributed by atoms with van der Waals surface area (Å²) in [5.41, 5.74) is 4.34. The predicted octanol–water partition coefficient (Wildman–Crippen LogP) is 3.60. The Hall–Kier alpha value is -1.16. The van der Waals surface area contributed by atoms with Crippen molar-refractivity contribution in [2.24, 2.45) is 0 Å². The van der Waals surface area contributed by atoms with Crippen LogP contribution in [-0.2, 0) is 19.5 Å². The molecule has 2 nitrogen and oxygen atoms in total. The first-order valence-corrected chi connectivity index (χ1v) is 8.25. The number of fused-ring (bicyclic) bond motifs is 1. The first-order chi connectivity index (χ1) is 10.3. The van der Waals surface area contributed by atoms with Gasteiger partial charge < -0.3 is 5.32 Å². The Kier molecular flexibility index (Phi) is 4.73. The number of hydrogen-bond acceptors (Lipinski definition) is 2. The molecule has 0 aliphatic carbocycles. The molecule has 0 saturated carbocycles. The van der Waals surface area contributed by atoms with E-state index in [4.69, 9.17) is 0 Å². The average Bonchev–Trinajstić information content (AvgIpc) is 2.48. The second-order valence-corrected chi connectivity index (χ2v) is 6.63. The summed E-state index contributed by atoms with van der Waals surface area (Å²) in [5, 5.41) is 3.34. The number of nitrogens with one attached hydrogen (secondary N) is 1. The quantitative estimate of drug-likeness (QED) is 0.911. The van der Waals surface area contributed by atoms with Gasteiger partial charge in [0.05, 0.1) is 0 Å². The molecule has 0 aromatic heterocycles. The molecule has 3 rings (SSSR count). The molecule has 1 heterocycles. The minimum absolute atomic E-state index is 0.559. The molecule has 2 aromatic carbocycles. The van der Waals surface area contributed by atoms with Crippen LogP contribution in [0.5, 0.6) is 0 Å². The largest absolute Gasteiger partial charge is 0.318 e. The summed E-state index contributed by atoms with van der Waals surface area (Å²) >= 11 is 3.57. The summed E-state index contributed by atoms with van der Waals surface area (Å²) in [6.45, 7) is 3.07. The highest BCUT2D eigenvalue weighted by molar-refractivity contribution is 9.10. The Bertz CT molecular complexity index is 612. The molecule has 1 N–H and O–H groups in total. The highest BCUT2D eigenvalue weighted by Gasteiger charge is 2.25. The highest BCUT2D eigenvalue weighted by atomic mass is 79.9. The van der Waals surface area contributed by atoms with Crippen LogP contribution in [0.4, 0.5) is 0 Å². The zero-order valence-corrected chi connectivity index (χ0v) is 13.9. The van der Waals surface area contributed by atoms with Crippen LogP contribution in [0.25, 0.3) is 0 Å². The second-order valence-electron chi connectivity index (χ2n) is 5.72. The summed E-state index contributed by atoms with van der Waals surface area (Å²) in [4.78, 5) is 2.58. The van der Waals surface area contributed by atoms with Gasteiger partial charge in [0.25, 0.3) is 0 Å². The lowest BCUT2D eigenvalue weighted by Crippen LogP contribution is -2.45. The molecule has 0 bridgehead atoms. The first-order valence-electron chi connectivity index (χ1n) is 7.46. The number of rotatable bonds is 4. The van der Waals surface area contributed by atoms with Crippen molar-refractivity contribution in [3.63, 3.8) is 0 Å². The van der Waals surface area contributed by atoms with Gasteiger partial charge in [-0.05, 0) is 42.3 Å². The van der Waals surface area contributed by atoms with E-state index in [1.807, 2.05) is 7.05 Å². The highest BCUT2D eigenvalue weighted by Crippen LogP contribution is 2.25. The van der Waals surface area contributed by atoms with Gasteiger partial charge in [0, 0.05) is 30.1 Å². The predicted molar refractivity (Wildman–Crippen MR) is 91.2 cm³/mol. The van der Waals surface area contributed by atoms with Crippen molar-refractivity contribution in [2.45, 2.75) is 25.6 Å². The lowest BCUT2D eigenvalue weighted by Gasteiger charge is -2.37. The maximum atomic E-state index is 3.57. The van der Waals surface area contributed by atoms with Crippen LogP contribution >= 0.6 is 15.9 Å². The van der Waals surface area contributed by atoms with Crippen LogP contribution in [-0.4, -0.2) is 24.5 Å². The van der Waals surface area contributed by atoms with Crippen molar-refractivity contribution >= 4 is 15.9 Å². The minimum Gasteiger partial charge on any atom is -0.318 e. The van der Waals surface area contributed by atoms with E-state index >= 15 is 0 Å². The molecule has 2 aromatic rings. The number of likely N-dealkylation sites (N-methyl/N-ethyl adjacent to an activating group) is 1. The van der Waals surface area contributed by atoms with Gasteiger partial charge in [0.15, 0.2) is 0 Å². The number of halogens is 1. The molecule has 0 radical (unpaired) electrons. The number of benzene rings is 2. The molecule has 3 heteroatoms. The maximum absolute atomic E-state index is 3.57. The molecule has 1 unspecified atom stereocenters. The van der Waals surface area contributed by atoms with Crippen molar-refractivity contribution in [1.29, 1.82) is 0 Å². The van der Waals surface area contributed by atoms with Crippen LogP contribution in [0.1, 0.15) is 16.7 Å². The zero-order valence-electron chi connectivity index (χ0n) is 12.3. The summed E-state index contributed by atoms with van der Waals surface area (Å²) in [7, 11) is 2.04. The Morgan fingerprint density at radius 2 is 1.95 bits per heavy atom. The summed E-state index contributed by atoms with van der Waals surface area (Å²) < 4.78 is 1.16. The van der Waals surface area contributed by atoms with Gasteiger partial charge in [-0.2, -0.15) is 0 Å². The SMILES string of the molecule is CNCC1Cc2ccccc2CN1Cc1cccc(Br)c1. The fourth-order valence-electron chi connectivity index (χ4n) is 3.13. The molecule has 0 spiro atoms. The van der Waals surface area contributed by atoms with Crippen molar-refractivity contribution in [3.8, 4) is 0 Å². The van der Waals surface area contributed by atoms with Gasteiger partial charge in [-0.3, -0.25) is 4.90 Å². The number of hydrogen-bond donors (Lipinski definition) is 1. The van der Waals surface area contributed by atoms with E-state index in [9.17, 15) is 0 Å². The first kappa shape index (κ1) is 14.8. The van der Waals surface area contributed by atoms with E-state index < -0.39 is 0 Å². The molecule has 1 aliphatic rings. The van der Waals surface area contributed by atoms with Crippen molar-refractivity contribution in [1.82, 2.24) is 10.2 Å².